The number of halogens is 1. The first-order valence-electron chi connectivity index (χ1n) is 8.48. The average molecular weight is 410 g/mol. The van der Waals surface area contributed by atoms with Crippen molar-refractivity contribution in [2.45, 2.75) is 23.7 Å². The number of carbonyl (C=O) groups excluding carboxylic acids is 1. The first kappa shape index (κ1) is 19.6. The molecule has 2 aromatic rings. The molecule has 0 radical (unpaired) electrons. The normalized spacial score (nSPS) is 15.7. The monoisotopic (exact) mass is 409 g/mol. The van der Waals surface area contributed by atoms with Crippen LogP contribution < -0.4 is 5.56 Å². The standard InChI is InChI=1S/C18H20ClN3O4S/c1-21-11-13(3-4-16(21)23)18(24)22-7-5-12(6-8-22)17-15(27(2,25)26)9-14(19)10-20-17/h3-4,9-12H,5-8H2,1-2H3. The molecule has 0 N–H and O–H groups in total. The van der Waals surface area contributed by atoms with Crippen LogP contribution in [0.1, 0.15) is 34.8 Å². The van der Waals surface area contributed by atoms with Crippen molar-refractivity contribution in [3.8, 4) is 0 Å². The molecule has 9 heteroatoms. The number of nitrogens with zero attached hydrogens (tertiary/aromatic N) is 3. The maximum absolute atomic E-state index is 12.7. The zero-order valence-corrected chi connectivity index (χ0v) is 16.6. The van der Waals surface area contributed by atoms with Crippen molar-refractivity contribution in [1.82, 2.24) is 14.5 Å². The second-order valence-corrected chi connectivity index (χ2v) is 9.16. The van der Waals surface area contributed by atoms with Crippen LogP contribution in [0.25, 0.3) is 0 Å². The van der Waals surface area contributed by atoms with E-state index in [0.29, 0.717) is 37.2 Å². The topological polar surface area (TPSA) is 89.3 Å². The number of aryl methyl sites for hydroxylation is 1. The molecule has 0 spiro atoms. The van der Waals surface area contributed by atoms with Gasteiger partial charge in [-0.2, -0.15) is 0 Å². The second kappa shape index (κ2) is 7.44. The predicted octanol–water partition coefficient (Wildman–Crippen LogP) is 1.86. The molecule has 1 aliphatic rings. The van der Waals surface area contributed by atoms with Gasteiger partial charge in [-0.25, -0.2) is 8.42 Å². The number of amides is 1. The summed E-state index contributed by atoms with van der Waals surface area (Å²) >= 11 is 5.91. The summed E-state index contributed by atoms with van der Waals surface area (Å²) in [7, 11) is -1.85. The molecule has 1 amide bonds. The molecule has 0 saturated carbocycles. The fraction of sp³-hybridized carbons (Fsp3) is 0.389. The third-order valence-electron chi connectivity index (χ3n) is 4.75. The molecule has 7 nitrogen and oxygen atoms in total. The number of likely N-dealkylation sites (tertiary alicyclic amines) is 1. The predicted molar refractivity (Wildman–Crippen MR) is 102 cm³/mol. The van der Waals surface area contributed by atoms with Crippen LogP contribution in [0.3, 0.4) is 0 Å². The Hall–Kier alpha value is -2.19. The van der Waals surface area contributed by atoms with E-state index in [1.165, 1.54) is 35.2 Å². The molecule has 2 aromatic heterocycles. The van der Waals surface area contributed by atoms with Gasteiger partial charge < -0.3 is 9.47 Å². The summed E-state index contributed by atoms with van der Waals surface area (Å²) in [5.41, 5.74) is 0.792. The molecule has 0 unspecified atom stereocenters. The van der Waals surface area contributed by atoms with Gasteiger partial charge in [0.15, 0.2) is 9.84 Å². The quantitative estimate of drug-likeness (QED) is 0.771. The zero-order chi connectivity index (χ0) is 19.8. The summed E-state index contributed by atoms with van der Waals surface area (Å²) in [5, 5.41) is 0.279. The molecule has 3 heterocycles. The average Bonchev–Trinajstić information content (AvgIpc) is 2.63. The lowest BCUT2D eigenvalue weighted by molar-refractivity contribution is 0.0710. The molecule has 1 aliphatic heterocycles. The minimum atomic E-state index is -3.45. The highest BCUT2D eigenvalue weighted by molar-refractivity contribution is 7.90. The molecular weight excluding hydrogens is 390 g/mol. The van der Waals surface area contributed by atoms with Crippen LogP contribution in [0.15, 0.2) is 40.3 Å². The molecule has 0 bridgehead atoms. The molecule has 3 rings (SSSR count). The van der Waals surface area contributed by atoms with Crippen LogP contribution in [0.5, 0.6) is 0 Å². The summed E-state index contributed by atoms with van der Waals surface area (Å²) in [5.74, 6) is -0.201. The number of carbonyl (C=O) groups is 1. The smallest absolute Gasteiger partial charge is 0.255 e. The van der Waals surface area contributed by atoms with Gasteiger partial charge in [0.25, 0.3) is 5.91 Å². The number of pyridine rings is 2. The van der Waals surface area contributed by atoms with Crippen LogP contribution in [-0.4, -0.2) is 48.1 Å². The Bertz CT molecular complexity index is 1040. The highest BCUT2D eigenvalue weighted by Crippen LogP contribution is 2.32. The summed E-state index contributed by atoms with van der Waals surface area (Å²) in [6, 6.07) is 4.33. The van der Waals surface area contributed by atoms with Gasteiger partial charge in [-0.15, -0.1) is 0 Å². The minimum Gasteiger partial charge on any atom is -0.339 e. The summed E-state index contributed by atoms with van der Waals surface area (Å²) < 4.78 is 25.5. The van der Waals surface area contributed by atoms with Crippen LogP contribution in [0.4, 0.5) is 0 Å². The second-order valence-electron chi connectivity index (χ2n) is 6.74. The van der Waals surface area contributed by atoms with E-state index in [0.717, 1.165) is 6.26 Å². The fourth-order valence-corrected chi connectivity index (χ4v) is 4.46. The first-order chi connectivity index (χ1) is 12.7. The Kier molecular flexibility index (Phi) is 5.39. The molecule has 1 fully saturated rings. The van der Waals surface area contributed by atoms with E-state index in [4.69, 9.17) is 11.6 Å². The molecule has 0 aliphatic carbocycles. The van der Waals surface area contributed by atoms with Crippen molar-refractivity contribution in [3.63, 3.8) is 0 Å². The van der Waals surface area contributed by atoms with Crippen LogP contribution in [0.2, 0.25) is 5.02 Å². The summed E-state index contributed by atoms with van der Waals surface area (Å²) in [6.45, 7) is 0.972. The molecule has 0 aromatic carbocycles. The van der Waals surface area contributed by atoms with Gasteiger partial charge in [-0.3, -0.25) is 14.6 Å². The lowest BCUT2D eigenvalue weighted by Crippen LogP contribution is -2.38. The van der Waals surface area contributed by atoms with E-state index in [9.17, 15) is 18.0 Å². The Morgan fingerprint density at radius 1 is 1.26 bits per heavy atom. The molecular formula is C18H20ClN3O4S. The Morgan fingerprint density at radius 3 is 2.52 bits per heavy atom. The molecule has 144 valence electrons. The van der Waals surface area contributed by atoms with E-state index < -0.39 is 9.84 Å². The van der Waals surface area contributed by atoms with Crippen molar-refractivity contribution in [1.29, 1.82) is 0 Å². The van der Waals surface area contributed by atoms with Gasteiger partial charge in [-0.05, 0) is 25.0 Å². The van der Waals surface area contributed by atoms with Crippen molar-refractivity contribution in [3.05, 3.63) is 57.2 Å². The lowest BCUT2D eigenvalue weighted by Gasteiger charge is -2.32. The van der Waals surface area contributed by atoms with Crippen LogP contribution >= 0.6 is 11.6 Å². The maximum atomic E-state index is 12.7. The van der Waals surface area contributed by atoms with Crippen LogP contribution in [-0.2, 0) is 16.9 Å². The van der Waals surface area contributed by atoms with Crippen molar-refractivity contribution in [2.24, 2.45) is 7.05 Å². The van der Waals surface area contributed by atoms with Gasteiger partial charge in [0.2, 0.25) is 5.56 Å². The Balaban J connectivity index is 1.77. The number of aromatic nitrogens is 2. The SMILES string of the molecule is Cn1cc(C(=O)N2CCC(c3ncc(Cl)cc3S(C)(=O)=O)CC2)ccc1=O. The van der Waals surface area contributed by atoms with Gasteiger partial charge in [0, 0.05) is 50.8 Å². The highest BCUT2D eigenvalue weighted by Gasteiger charge is 2.29. The van der Waals surface area contributed by atoms with Gasteiger partial charge >= 0.3 is 0 Å². The van der Waals surface area contributed by atoms with E-state index in [1.54, 1.807) is 11.9 Å². The summed E-state index contributed by atoms with van der Waals surface area (Å²) in [4.78, 5) is 30.3. The highest BCUT2D eigenvalue weighted by atomic mass is 35.5. The fourth-order valence-electron chi connectivity index (χ4n) is 3.29. The van der Waals surface area contributed by atoms with E-state index in [2.05, 4.69) is 4.98 Å². The molecule has 0 atom stereocenters. The zero-order valence-electron chi connectivity index (χ0n) is 15.1. The number of hydrogen-bond acceptors (Lipinski definition) is 5. The molecule has 1 saturated heterocycles. The number of rotatable bonds is 3. The first-order valence-corrected chi connectivity index (χ1v) is 10.7. The van der Waals surface area contributed by atoms with Gasteiger partial charge in [0.1, 0.15) is 0 Å². The van der Waals surface area contributed by atoms with Crippen molar-refractivity contribution in [2.75, 3.05) is 19.3 Å². The van der Waals surface area contributed by atoms with E-state index in [1.807, 2.05) is 0 Å². The van der Waals surface area contributed by atoms with E-state index in [-0.39, 0.29) is 27.3 Å². The third-order valence-corrected chi connectivity index (χ3v) is 6.08. The van der Waals surface area contributed by atoms with Crippen molar-refractivity contribution >= 4 is 27.3 Å². The lowest BCUT2D eigenvalue weighted by atomic mass is 9.92. The van der Waals surface area contributed by atoms with Gasteiger partial charge in [-0.1, -0.05) is 11.6 Å². The number of sulfone groups is 1. The van der Waals surface area contributed by atoms with Gasteiger partial charge in [0.05, 0.1) is 21.2 Å². The maximum Gasteiger partial charge on any atom is 0.255 e. The van der Waals surface area contributed by atoms with Crippen LogP contribution in [0, 0.1) is 0 Å². The Labute approximate surface area is 162 Å². The largest absolute Gasteiger partial charge is 0.339 e. The summed E-state index contributed by atoms with van der Waals surface area (Å²) in [6.07, 6.45) is 5.33. The van der Waals surface area contributed by atoms with E-state index >= 15 is 0 Å². The number of piperidine rings is 1. The Morgan fingerprint density at radius 2 is 1.93 bits per heavy atom. The minimum absolute atomic E-state index is 0.0591. The molecule has 27 heavy (non-hydrogen) atoms. The van der Waals surface area contributed by atoms with Crippen molar-refractivity contribution < 1.29 is 13.2 Å². The number of hydrogen-bond donors (Lipinski definition) is 0. The third kappa shape index (κ3) is 4.22.